The normalized spacial score (nSPS) is 20.2. The van der Waals surface area contributed by atoms with Crippen LogP contribution in [0.4, 0.5) is 8.78 Å². The number of halogens is 3. The molecule has 2 aliphatic rings. The van der Waals surface area contributed by atoms with E-state index in [2.05, 4.69) is 20.9 Å². The number of aromatic nitrogens is 2. The Morgan fingerprint density at radius 3 is 2.53 bits per heavy atom. The van der Waals surface area contributed by atoms with Gasteiger partial charge in [-0.2, -0.15) is 0 Å². The van der Waals surface area contributed by atoms with E-state index in [1.54, 1.807) is 19.9 Å². The predicted octanol–water partition coefficient (Wildman–Crippen LogP) is 3.80. The number of carbonyl (C=O) groups is 2. The monoisotopic (exact) mass is 515 g/mol. The number of allylic oxidation sites excluding steroid dienone is 3. The van der Waals surface area contributed by atoms with Gasteiger partial charge in [-0.1, -0.05) is 22.0 Å². The summed E-state index contributed by atoms with van der Waals surface area (Å²) < 4.78 is 41.4. The number of esters is 2. The van der Waals surface area contributed by atoms with Gasteiger partial charge in [0.2, 0.25) is 0 Å². The molecule has 1 aromatic rings. The fraction of sp³-hybridized carbons (Fsp3) is 0.591. The maximum Gasteiger partial charge on any atom is 0.359 e. The molecule has 0 radical (unpaired) electrons. The van der Waals surface area contributed by atoms with Crippen LogP contribution in [0.25, 0.3) is 0 Å². The molecule has 1 saturated carbocycles. The van der Waals surface area contributed by atoms with Crippen molar-refractivity contribution < 1.29 is 27.8 Å². The zero-order chi connectivity index (χ0) is 23.5. The lowest BCUT2D eigenvalue weighted by atomic mass is 9.84. The molecule has 0 amide bonds. The number of nitrogens with zero attached hydrogens (tertiary/aromatic N) is 2. The average molecular weight is 516 g/mol. The number of rotatable bonds is 10. The van der Waals surface area contributed by atoms with Gasteiger partial charge in [-0.15, -0.1) is 0 Å². The lowest BCUT2D eigenvalue weighted by Gasteiger charge is -2.34. The SMILES string of the molecule is CCOC(=O)c1nc(CC2CC2)n(CC(N)(CF)C2=CC(Br)=CCC2F)c1C(=O)OCC. The van der Waals surface area contributed by atoms with Crippen molar-refractivity contribution in [3.63, 3.8) is 0 Å². The Bertz CT molecular complexity index is 942. The van der Waals surface area contributed by atoms with Crippen molar-refractivity contribution in [1.82, 2.24) is 9.55 Å². The quantitative estimate of drug-likeness (QED) is 0.476. The van der Waals surface area contributed by atoms with Crippen LogP contribution in [-0.4, -0.2) is 53.1 Å². The third-order valence-corrected chi connectivity index (χ3v) is 6.11. The van der Waals surface area contributed by atoms with E-state index in [1.807, 2.05) is 0 Å². The van der Waals surface area contributed by atoms with Crippen LogP contribution in [0.3, 0.4) is 0 Å². The molecule has 1 aromatic heterocycles. The Balaban J connectivity index is 2.12. The highest BCUT2D eigenvalue weighted by molar-refractivity contribution is 9.11. The first-order valence-corrected chi connectivity index (χ1v) is 11.5. The Hall–Kier alpha value is -2.07. The minimum absolute atomic E-state index is 0.0586. The van der Waals surface area contributed by atoms with Gasteiger partial charge in [0.05, 0.1) is 18.8 Å². The highest BCUT2D eigenvalue weighted by atomic mass is 79.9. The Kier molecular flexibility index (Phi) is 7.87. The largest absolute Gasteiger partial charge is 0.461 e. The Morgan fingerprint density at radius 1 is 1.28 bits per heavy atom. The topological polar surface area (TPSA) is 96.4 Å². The maximum absolute atomic E-state index is 14.8. The molecule has 2 unspecified atom stereocenters. The second kappa shape index (κ2) is 10.2. The van der Waals surface area contributed by atoms with Crippen molar-refractivity contribution in [2.75, 3.05) is 19.9 Å². The van der Waals surface area contributed by atoms with E-state index in [9.17, 15) is 18.4 Å². The molecule has 2 N–H and O–H groups in total. The van der Waals surface area contributed by atoms with Crippen LogP contribution in [0.1, 0.15) is 59.9 Å². The first-order chi connectivity index (χ1) is 15.2. The van der Waals surface area contributed by atoms with E-state index in [4.69, 9.17) is 15.2 Å². The van der Waals surface area contributed by atoms with Gasteiger partial charge in [0, 0.05) is 23.9 Å². The number of imidazole rings is 1. The first kappa shape index (κ1) is 24.6. The van der Waals surface area contributed by atoms with E-state index in [0.717, 1.165) is 12.8 Å². The van der Waals surface area contributed by atoms with Crippen LogP contribution in [0.2, 0.25) is 0 Å². The van der Waals surface area contributed by atoms with Crippen LogP contribution < -0.4 is 5.73 Å². The smallest absolute Gasteiger partial charge is 0.359 e. The van der Waals surface area contributed by atoms with E-state index in [-0.39, 0.29) is 43.1 Å². The van der Waals surface area contributed by atoms with Crippen LogP contribution in [0, 0.1) is 5.92 Å². The van der Waals surface area contributed by atoms with Gasteiger partial charge >= 0.3 is 11.9 Å². The molecule has 2 atom stereocenters. The molecule has 10 heteroatoms. The Labute approximate surface area is 194 Å². The molecule has 7 nitrogen and oxygen atoms in total. The minimum Gasteiger partial charge on any atom is -0.461 e. The van der Waals surface area contributed by atoms with Crippen molar-refractivity contribution in [2.24, 2.45) is 11.7 Å². The summed E-state index contributed by atoms with van der Waals surface area (Å²) in [6, 6.07) is 0. The first-order valence-electron chi connectivity index (χ1n) is 10.7. The van der Waals surface area contributed by atoms with Crippen LogP contribution in [0.5, 0.6) is 0 Å². The fourth-order valence-corrected chi connectivity index (χ4v) is 4.18. The fourth-order valence-electron chi connectivity index (χ4n) is 3.74. The van der Waals surface area contributed by atoms with E-state index in [1.165, 1.54) is 10.6 Å². The Morgan fingerprint density at radius 2 is 1.94 bits per heavy atom. The molecule has 0 spiro atoms. The van der Waals surface area contributed by atoms with Crippen molar-refractivity contribution in [3.8, 4) is 0 Å². The number of alkyl halides is 2. The molecule has 0 bridgehead atoms. The molecular formula is C22H28BrF2N3O4. The second-order valence-corrected chi connectivity index (χ2v) is 9.00. The highest BCUT2D eigenvalue weighted by Gasteiger charge is 2.40. The van der Waals surface area contributed by atoms with Crippen LogP contribution >= 0.6 is 15.9 Å². The van der Waals surface area contributed by atoms with Crippen molar-refractivity contribution in [3.05, 3.63) is 39.4 Å². The van der Waals surface area contributed by atoms with Crippen molar-refractivity contribution in [2.45, 2.75) is 57.8 Å². The van der Waals surface area contributed by atoms with Gasteiger partial charge in [-0.3, -0.25) is 0 Å². The lowest BCUT2D eigenvalue weighted by molar-refractivity contribution is 0.0465. The summed E-state index contributed by atoms with van der Waals surface area (Å²) >= 11 is 3.30. The van der Waals surface area contributed by atoms with Crippen LogP contribution in [0.15, 0.2) is 22.2 Å². The lowest BCUT2D eigenvalue weighted by Crippen LogP contribution is -2.51. The van der Waals surface area contributed by atoms with Gasteiger partial charge < -0.3 is 19.8 Å². The number of hydrogen-bond acceptors (Lipinski definition) is 6. The van der Waals surface area contributed by atoms with Gasteiger partial charge in [-0.25, -0.2) is 23.4 Å². The summed E-state index contributed by atoms with van der Waals surface area (Å²) in [5, 5.41) is 0. The number of nitrogens with two attached hydrogens (primary N) is 1. The molecule has 176 valence electrons. The van der Waals surface area contributed by atoms with Gasteiger partial charge in [0.25, 0.3) is 0 Å². The van der Waals surface area contributed by atoms with E-state index in [0.29, 0.717) is 22.6 Å². The number of ether oxygens (including phenoxy) is 2. The van der Waals surface area contributed by atoms with E-state index < -0.39 is 30.3 Å². The van der Waals surface area contributed by atoms with Gasteiger partial charge in [0.15, 0.2) is 11.4 Å². The molecule has 1 fully saturated rings. The zero-order valence-corrected chi connectivity index (χ0v) is 19.8. The summed E-state index contributed by atoms with van der Waals surface area (Å²) in [6.07, 6.45) is 4.17. The average Bonchev–Trinajstić information content (AvgIpc) is 3.50. The molecular weight excluding hydrogens is 488 g/mol. The predicted molar refractivity (Wildman–Crippen MR) is 118 cm³/mol. The van der Waals surface area contributed by atoms with E-state index >= 15 is 0 Å². The maximum atomic E-state index is 14.8. The van der Waals surface area contributed by atoms with Crippen molar-refractivity contribution >= 4 is 27.9 Å². The standard InChI is InChI=1S/C22H28BrF2N3O4/c1-3-31-20(29)18-19(21(30)32-4-2)28(17(27-18)9-13-5-6-13)12-22(26,11-24)15-10-14(23)7-8-16(15)25/h7,10,13,16H,3-6,8-9,11-12,26H2,1-2H3. The summed E-state index contributed by atoms with van der Waals surface area (Å²) in [5.41, 5.74) is 4.39. The molecule has 3 rings (SSSR count). The number of carbonyl (C=O) groups excluding carboxylic acids is 2. The highest BCUT2D eigenvalue weighted by Crippen LogP contribution is 2.36. The second-order valence-electron chi connectivity index (χ2n) is 8.08. The molecule has 2 aliphatic carbocycles. The summed E-state index contributed by atoms with van der Waals surface area (Å²) in [7, 11) is 0. The third kappa shape index (κ3) is 5.28. The summed E-state index contributed by atoms with van der Waals surface area (Å²) in [4.78, 5) is 29.8. The molecule has 0 aliphatic heterocycles. The third-order valence-electron chi connectivity index (χ3n) is 5.56. The van der Waals surface area contributed by atoms with Gasteiger partial charge in [-0.05, 0) is 44.3 Å². The molecule has 0 saturated heterocycles. The molecule has 0 aromatic carbocycles. The summed E-state index contributed by atoms with van der Waals surface area (Å²) in [5.74, 6) is -0.816. The van der Waals surface area contributed by atoms with Gasteiger partial charge in [0.1, 0.15) is 18.7 Å². The molecule has 32 heavy (non-hydrogen) atoms. The minimum atomic E-state index is -1.75. The summed E-state index contributed by atoms with van der Waals surface area (Å²) in [6.45, 7) is 2.08. The zero-order valence-electron chi connectivity index (χ0n) is 18.2. The van der Waals surface area contributed by atoms with Crippen LogP contribution in [-0.2, 0) is 22.4 Å². The molecule has 1 heterocycles. The van der Waals surface area contributed by atoms with Crippen molar-refractivity contribution in [1.29, 1.82) is 0 Å². The number of hydrogen-bond donors (Lipinski definition) is 1.